The summed E-state index contributed by atoms with van der Waals surface area (Å²) < 4.78 is 28.6. The van der Waals surface area contributed by atoms with Gasteiger partial charge < -0.3 is 9.47 Å². The molecule has 2 aromatic rings. The van der Waals surface area contributed by atoms with Gasteiger partial charge in [-0.25, -0.2) is 13.4 Å². The normalized spacial score (nSPS) is 16.0. The smallest absolute Gasteiger partial charge is 0.262 e. The van der Waals surface area contributed by atoms with Crippen molar-refractivity contribution in [1.82, 2.24) is 18.8 Å². The van der Waals surface area contributed by atoms with Gasteiger partial charge >= 0.3 is 0 Å². The van der Waals surface area contributed by atoms with E-state index in [-0.39, 0.29) is 23.0 Å². The van der Waals surface area contributed by atoms with Crippen LogP contribution in [0.25, 0.3) is 0 Å². The van der Waals surface area contributed by atoms with Gasteiger partial charge in [-0.15, -0.1) is 0 Å². The van der Waals surface area contributed by atoms with E-state index in [0.717, 1.165) is 24.8 Å². The summed E-state index contributed by atoms with van der Waals surface area (Å²) in [6.45, 7) is 7.59. The third-order valence-corrected chi connectivity index (χ3v) is 6.93. The van der Waals surface area contributed by atoms with E-state index < -0.39 is 10.0 Å². The second kappa shape index (κ2) is 8.67. The zero-order valence-electron chi connectivity index (χ0n) is 17.4. The summed E-state index contributed by atoms with van der Waals surface area (Å²) in [5.41, 5.74) is 0.686. The predicted molar refractivity (Wildman–Crippen MR) is 112 cm³/mol. The van der Waals surface area contributed by atoms with Crippen LogP contribution in [0.5, 0.6) is 0 Å². The van der Waals surface area contributed by atoms with Crippen molar-refractivity contribution < 1.29 is 13.2 Å². The lowest BCUT2D eigenvalue weighted by Gasteiger charge is -2.36. The maximum Gasteiger partial charge on any atom is 0.262 e. The van der Waals surface area contributed by atoms with Gasteiger partial charge in [0.25, 0.3) is 10.0 Å². The number of carbonyl (C=O) groups is 1. The van der Waals surface area contributed by atoms with E-state index in [2.05, 4.69) is 4.98 Å². The highest BCUT2D eigenvalue weighted by atomic mass is 32.2. The van der Waals surface area contributed by atoms with Crippen molar-refractivity contribution in [2.24, 2.45) is 0 Å². The molecule has 1 aliphatic heterocycles. The second-order valence-electron chi connectivity index (χ2n) is 8.49. The van der Waals surface area contributed by atoms with Crippen LogP contribution in [0.2, 0.25) is 0 Å². The molecule has 0 unspecified atom stereocenters. The largest absolute Gasteiger partial charge is 0.332 e. The molecule has 1 aliphatic rings. The molecule has 1 aromatic heterocycles. The summed E-state index contributed by atoms with van der Waals surface area (Å²) in [4.78, 5) is 18.9. The van der Waals surface area contributed by atoms with Crippen LogP contribution in [-0.2, 0) is 27.9 Å². The van der Waals surface area contributed by atoms with E-state index in [4.69, 9.17) is 0 Å². The molecule has 0 N–H and O–H groups in total. The third kappa shape index (κ3) is 5.25. The highest BCUT2D eigenvalue weighted by Crippen LogP contribution is 2.21. The van der Waals surface area contributed by atoms with Crippen molar-refractivity contribution in [3.63, 3.8) is 0 Å². The van der Waals surface area contributed by atoms with Crippen LogP contribution in [0, 0.1) is 0 Å². The lowest BCUT2D eigenvalue weighted by atomic mass is 10.0. The molecule has 3 rings (SSSR count). The molecule has 1 saturated heterocycles. The van der Waals surface area contributed by atoms with Gasteiger partial charge in [0, 0.05) is 31.4 Å². The first-order valence-electron chi connectivity index (χ1n) is 10.0. The van der Waals surface area contributed by atoms with Gasteiger partial charge in [0.1, 0.15) is 6.54 Å². The number of sulfonamides is 1. The SMILES string of the molecule is CC(C)(C)N(Cc1ccccc1)C(=O)Cn1cnc(S(=O)(=O)N2CCCCC2)c1. The lowest BCUT2D eigenvalue weighted by Crippen LogP contribution is -2.46. The van der Waals surface area contributed by atoms with Crippen LogP contribution in [0.3, 0.4) is 0 Å². The Balaban J connectivity index is 1.73. The molecule has 2 heterocycles. The Bertz CT molecular complexity index is 926. The summed E-state index contributed by atoms with van der Waals surface area (Å²) in [6.07, 6.45) is 5.69. The topological polar surface area (TPSA) is 75.5 Å². The minimum atomic E-state index is -3.60. The van der Waals surface area contributed by atoms with E-state index in [9.17, 15) is 13.2 Å². The first-order valence-corrected chi connectivity index (χ1v) is 11.5. The highest BCUT2D eigenvalue weighted by molar-refractivity contribution is 7.89. The number of amides is 1. The van der Waals surface area contributed by atoms with Crippen LogP contribution in [0.15, 0.2) is 47.9 Å². The fourth-order valence-corrected chi connectivity index (χ4v) is 4.96. The lowest BCUT2D eigenvalue weighted by molar-refractivity contribution is -0.137. The molecular weight excluding hydrogens is 388 g/mol. The molecule has 1 aromatic carbocycles. The van der Waals surface area contributed by atoms with Gasteiger partial charge in [-0.1, -0.05) is 36.8 Å². The maximum atomic E-state index is 13.0. The monoisotopic (exact) mass is 418 g/mol. The van der Waals surface area contributed by atoms with Gasteiger partial charge in [0.05, 0.1) is 6.33 Å². The molecule has 1 amide bonds. The third-order valence-electron chi connectivity index (χ3n) is 5.14. The molecule has 0 aliphatic carbocycles. The van der Waals surface area contributed by atoms with E-state index in [1.165, 1.54) is 16.8 Å². The number of imidazole rings is 1. The fourth-order valence-electron chi connectivity index (χ4n) is 3.50. The van der Waals surface area contributed by atoms with Crippen LogP contribution in [-0.4, -0.2) is 51.7 Å². The Kier molecular flexibility index (Phi) is 6.43. The van der Waals surface area contributed by atoms with Crippen LogP contribution < -0.4 is 0 Å². The van der Waals surface area contributed by atoms with Gasteiger partial charge in [0.2, 0.25) is 5.91 Å². The molecule has 0 radical (unpaired) electrons. The Morgan fingerprint density at radius 3 is 2.38 bits per heavy atom. The molecule has 0 atom stereocenters. The molecule has 0 spiro atoms. The standard InChI is InChI=1S/C21H30N4O3S/c1-21(2,3)25(14-18-10-6-4-7-11-18)20(26)16-23-15-19(22-17-23)29(27,28)24-12-8-5-9-13-24/h4,6-7,10-11,15,17H,5,8-9,12-14,16H2,1-3H3. The molecular formula is C21H30N4O3S. The number of carbonyl (C=O) groups excluding carboxylic acids is 1. The Morgan fingerprint density at radius 2 is 1.76 bits per heavy atom. The van der Waals surface area contributed by atoms with Crippen molar-refractivity contribution in [3.8, 4) is 0 Å². The zero-order chi connectivity index (χ0) is 21.1. The minimum Gasteiger partial charge on any atom is -0.332 e. The van der Waals surface area contributed by atoms with E-state index in [0.29, 0.717) is 19.6 Å². The Hall–Kier alpha value is -2.19. The maximum absolute atomic E-state index is 13.0. The Morgan fingerprint density at radius 1 is 1.10 bits per heavy atom. The van der Waals surface area contributed by atoms with Gasteiger partial charge in [-0.3, -0.25) is 4.79 Å². The first-order chi connectivity index (χ1) is 13.7. The molecule has 29 heavy (non-hydrogen) atoms. The molecule has 0 saturated carbocycles. The molecule has 158 valence electrons. The van der Waals surface area contributed by atoms with Crippen molar-refractivity contribution in [2.75, 3.05) is 13.1 Å². The van der Waals surface area contributed by atoms with Crippen LogP contribution in [0.1, 0.15) is 45.6 Å². The average molecular weight is 419 g/mol. The van der Waals surface area contributed by atoms with Gasteiger partial charge in [-0.2, -0.15) is 4.31 Å². The quantitative estimate of drug-likeness (QED) is 0.723. The predicted octanol–water partition coefficient (Wildman–Crippen LogP) is 2.89. The molecule has 8 heteroatoms. The summed E-state index contributed by atoms with van der Waals surface area (Å²) in [5, 5.41) is 0.0116. The minimum absolute atomic E-state index is 0.0116. The fraction of sp³-hybridized carbons (Fsp3) is 0.524. The molecule has 1 fully saturated rings. The van der Waals surface area contributed by atoms with Crippen LogP contribution in [0.4, 0.5) is 0 Å². The summed E-state index contributed by atoms with van der Waals surface area (Å²) in [6, 6.07) is 9.84. The number of nitrogens with zero attached hydrogens (tertiary/aromatic N) is 4. The zero-order valence-corrected chi connectivity index (χ0v) is 18.2. The first kappa shape index (κ1) is 21.5. The highest BCUT2D eigenvalue weighted by Gasteiger charge is 2.29. The number of rotatable bonds is 6. The van der Waals surface area contributed by atoms with Crippen molar-refractivity contribution in [1.29, 1.82) is 0 Å². The number of hydrogen-bond donors (Lipinski definition) is 0. The van der Waals surface area contributed by atoms with Crippen molar-refractivity contribution in [3.05, 3.63) is 48.4 Å². The van der Waals surface area contributed by atoms with E-state index >= 15 is 0 Å². The average Bonchev–Trinajstić information content (AvgIpc) is 3.16. The summed E-state index contributed by atoms with van der Waals surface area (Å²) in [5.74, 6) is -0.0827. The summed E-state index contributed by atoms with van der Waals surface area (Å²) in [7, 11) is -3.60. The van der Waals surface area contributed by atoms with Crippen molar-refractivity contribution in [2.45, 2.75) is 63.7 Å². The number of benzene rings is 1. The number of hydrogen-bond acceptors (Lipinski definition) is 4. The van der Waals surface area contributed by atoms with E-state index in [1.807, 2.05) is 51.1 Å². The van der Waals surface area contributed by atoms with Crippen LogP contribution >= 0.6 is 0 Å². The van der Waals surface area contributed by atoms with Gasteiger partial charge in [-0.05, 0) is 39.2 Å². The molecule has 0 bridgehead atoms. The van der Waals surface area contributed by atoms with Gasteiger partial charge in [0.15, 0.2) is 5.03 Å². The Labute approximate surface area is 173 Å². The number of aromatic nitrogens is 2. The van der Waals surface area contributed by atoms with Crippen molar-refractivity contribution >= 4 is 15.9 Å². The van der Waals surface area contributed by atoms with E-state index in [1.54, 1.807) is 9.47 Å². The molecule has 7 nitrogen and oxygen atoms in total. The summed E-state index contributed by atoms with van der Waals surface area (Å²) >= 11 is 0. The second-order valence-corrected chi connectivity index (χ2v) is 10.4. The number of piperidine rings is 1.